The molecule has 0 aliphatic heterocycles. The van der Waals surface area contributed by atoms with E-state index in [-0.39, 0.29) is 0 Å². The summed E-state index contributed by atoms with van der Waals surface area (Å²) < 4.78 is 5.50. The minimum atomic E-state index is 0.390. The Labute approximate surface area is 90.3 Å². The van der Waals surface area contributed by atoms with Gasteiger partial charge in [0, 0.05) is 12.3 Å². The Hall–Kier alpha value is -1.31. The van der Waals surface area contributed by atoms with Crippen LogP contribution in [0.3, 0.4) is 0 Å². The van der Waals surface area contributed by atoms with Gasteiger partial charge in [-0.1, -0.05) is 18.2 Å². The smallest absolute Gasteiger partial charge is 0.136 e. The first-order chi connectivity index (χ1) is 7.36. The van der Waals surface area contributed by atoms with Crippen LogP contribution in [0.4, 0.5) is 0 Å². The van der Waals surface area contributed by atoms with Gasteiger partial charge in [0.05, 0.1) is 6.61 Å². The van der Waals surface area contributed by atoms with Crippen LogP contribution in [-0.2, 0) is 4.79 Å². The fraction of sp³-hybridized carbons (Fsp3) is 0.462. The average Bonchev–Trinajstić information content (AvgIpc) is 3.09. The fourth-order valence-corrected chi connectivity index (χ4v) is 1.56. The van der Waals surface area contributed by atoms with Crippen molar-refractivity contribution in [2.45, 2.75) is 25.7 Å². The predicted molar refractivity (Wildman–Crippen MR) is 58.9 cm³/mol. The lowest BCUT2D eigenvalue weighted by atomic mass is 10.1. The number of ether oxygens (including phenoxy) is 1. The van der Waals surface area contributed by atoms with Gasteiger partial charge in [-0.05, 0) is 31.4 Å². The van der Waals surface area contributed by atoms with Crippen molar-refractivity contribution in [1.29, 1.82) is 0 Å². The van der Waals surface area contributed by atoms with Gasteiger partial charge in [0.15, 0.2) is 0 Å². The molecule has 0 aromatic heterocycles. The summed E-state index contributed by atoms with van der Waals surface area (Å²) >= 11 is 0. The van der Waals surface area contributed by atoms with Gasteiger partial charge in [-0.2, -0.15) is 0 Å². The molecule has 1 aliphatic rings. The van der Waals surface area contributed by atoms with E-state index in [1.807, 2.05) is 30.3 Å². The molecular formula is C13H16O2. The third kappa shape index (κ3) is 3.39. The zero-order valence-electron chi connectivity index (χ0n) is 8.82. The summed E-state index contributed by atoms with van der Waals surface area (Å²) in [4.78, 5) is 11.4. The highest BCUT2D eigenvalue weighted by Crippen LogP contribution is 2.31. The summed E-state index contributed by atoms with van der Waals surface area (Å²) in [6.07, 6.45) is 3.73. The van der Waals surface area contributed by atoms with E-state index >= 15 is 0 Å². The summed E-state index contributed by atoms with van der Waals surface area (Å²) in [5, 5.41) is 0. The molecule has 0 heterocycles. The Kier molecular flexibility index (Phi) is 3.38. The van der Waals surface area contributed by atoms with E-state index in [1.165, 1.54) is 0 Å². The largest absolute Gasteiger partial charge is 0.494 e. The van der Waals surface area contributed by atoms with Crippen LogP contribution >= 0.6 is 0 Å². The maximum Gasteiger partial charge on any atom is 0.136 e. The van der Waals surface area contributed by atoms with Crippen molar-refractivity contribution in [1.82, 2.24) is 0 Å². The molecular weight excluding hydrogens is 188 g/mol. The standard InChI is InChI=1S/C13H16O2/c14-13(11-8-9-11)7-4-10-15-12-5-2-1-3-6-12/h1-3,5-6,11H,4,7-10H2. The lowest BCUT2D eigenvalue weighted by Crippen LogP contribution is -2.04. The molecule has 15 heavy (non-hydrogen) atoms. The second kappa shape index (κ2) is 4.96. The van der Waals surface area contributed by atoms with Gasteiger partial charge in [0.2, 0.25) is 0 Å². The average molecular weight is 204 g/mol. The number of benzene rings is 1. The maximum atomic E-state index is 11.4. The van der Waals surface area contributed by atoms with E-state index in [1.54, 1.807) is 0 Å². The SMILES string of the molecule is O=C(CCCOc1ccccc1)C1CC1. The van der Waals surface area contributed by atoms with E-state index in [4.69, 9.17) is 4.74 Å². The first-order valence-electron chi connectivity index (χ1n) is 5.57. The lowest BCUT2D eigenvalue weighted by molar-refractivity contribution is -0.120. The zero-order chi connectivity index (χ0) is 10.5. The molecule has 1 aromatic rings. The van der Waals surface area contributed by atoms with E-state index < -0.39 is 0 Å². The van der Waals surface area contributed by atoms with Gasteiger partial charge >= 0.3 is 0 Å². The van der Waals surface area contributed by atoms with Crippen molar-refractivity contribution in [3.8, 4) is 5.75 Å². The van der Waals surface area contributed by atoms with Crippen LogP contribution in [0.1, 0.15) is 25.7 Å². The van der Waals surface area contributed by atoms with Crippen LogP contribution < -0.4 is 4.74 Å². The van der Waals surface area contributed by atoms with Crippen molar-refractivity contribution in [3.63, 3.8) is 0 Å². The number of hydrogen-bond donors (Lipinski definition) is 0. The van der Waals surface area contributed by atoms with E-state index in [0.717, 1.165) is 25.0 Å². The van der Waals surface area contributed by atoms with Crippen molar-refractivity contribution >= 4 is 5.78 Å². The van der Waals surface area contributed by atoms with E-state index in [2.05, 4.69) is 0 Å². The third-order valence-electron chi connectivity index (χ3n) is 2.61. The molecule has 0 N–H and O–H groups in total. The Bertz CT molecular complexity index is 315. The highest BCUT2D eigenvalue weighted by molar-refractivity contribution is 5.83. The van der Waals surface area contributed by atoms with Crippen LogP contribution in [0.15, 0.2) is 30.3 Å². The molecule has 2 heteroatoms. The normalized spacial score (nSPS) is 14.9. The molecule has 0 spiro atoms. The number of para-hydroxylation sites is 1. The van der Waals surface area contributed by atoms with Crippen molar-refractivity contribution in [2.24, 2.45) is 5.92 Å². The van der Waals surface area contributed by atoms with Crippen LogP contribution in [0.2, 0.25) is 0 Å². The summed E-state index contributed by atoms with van der Waals surface area (Å²) in [5.74, 6) is 1.70. The van der Waals surface area contributed by atoms with Crippen molar-refractivity contribution in [3.05, 3.63) is 30.3 Å². The fourth-order valence-electron chi connectivity index (χ4n) is 1.56. The minimum absolute atomic E-state index is 0.390. The Morgan fingerprint density at radius 3 is 2.67 bits per heavy atom. The summed E-state index contributed by atoms with van der Waals surface area (Å²) in [5.41, 5.74) is 0. The van der Waals surface area contributed by atoms with Crippen LogP contribution in [0, 0.1) is 5.92 Å². The number of carbonyl (C=O) groups excluding carboxylic acids is 1. The molecule has 0 amide bonds. The molecule has 2 rings (SSSR count). The summed E-state index contributed by atoms with van der Waals surface area (Å²) in [7, 11) is 0. The predicted octanol–water partition coefficient (Wildman–Crippen LogP) is 2.82. The Morgan fingerprint density at radius 2 is 2.00 bits per heavy atom. The molecule has 0 unspecified atom stereocenters. The van der Waals surface area contributed by atoms with E-state index in [0.29, 0.717) is 24.7 Å². The van der Waals surface area contributed by atoms with Crippen LogP contribution in [0.5, 0.6) is 5.75 Å². The summed E-state index contributed by atoms with van der Waals surface area (Å²) in [6, 6.07) is 9.73. The highest BCUT2D eigenvalue weighted by atomic mass is 16.5. The van der Waals surface area contributed by atoms with Gasteiger partial charge < -0.3 is 4.74 Å². The molecule has 2 nitrogen and oxygen atoms in total. The first-order valence-corrected chi connectivity index (χ1v) is 5.57. The topological polar surface area (TPSA) is 26.3 Å². The van der Waals surface area contributed by atoms with Gasteiger partial charge in [0.1, 0.15) is 11.5 Å². The maximum absolute atomic E-state index is 11.4. The Morgan fingerprint density at radius 1 is 1.27 bits per heavy atom. The lowest BCUT2D eigenvalue weighted by Gasteiger charge is -2.04. The quantitative estimate of drug-likeness (QED) is 0.666. The van der Waals surface area contributed by atoms with Crippen molar-refractivity contribution in [2.75, 3.05) is 6.61 Å². The minimum Gasteiger partial charge on any atom is -0.494 e. The molecule has 0 radical (unpaired) electrons. The number of Topliss-reactive ketones (excluding diaryl/α,β-unsaturated/α-hetero) is 1. The second-order valence-corrected chi connectivity index (χ2v) is 4.01. The first kappa shape index (κ1) is 10.2. The highest BCUT2D eigenvalue weighted by Gasteiger charge is 2.28. The zero-order valence-corrected chi connectivity index (χ0v) is 8.82. The number of rotatable bonds is 6. The van der Waals surface area contributed by atoms with Crippen LogP contribution in [0.25, 0.3) is 0 Å². The molecule has 1 fully saturated rings. The molecule has 0 bridgehead atoms. The summed E-state index contributed by atoms with van der Waals surface area (Å²) in [6.45, 7) is 0.641. The monoisotopic (exact) mass is 204 g/mol. The van der Waals surface area contributed by atoms with Gasteiger partial charge in [-0.25, -0.2) is 0 Å². The van der Waals surface area contributed by atoms with Gasteiger partial charge in [0.25, 0.3) is 0 Å². The van der Waals surface area contributed by atoms with Crippen LogP contribution in [-0.4, -0.2) is 12.4 Å². The third-order valence-corrected chi connectivity index (χ3v) is 2.61. The van der Waals surface area contributed by atoms with E-state index in [9.17, 15) is 4.79 Å². The van der Waals surface area contributed by atoms with Gasteiger partial charge in [-0.15, -0.1) is 0 Å². The van der Waals surface area contributed by atoms with Crippen molar-refractivity contribution < 1.29 is 9.53 Å². The molecule has 0 saturated heterocycles. The Balaban J connectivity index is 1.60. The molecule has 1 aromatic carbocycles. The second-order valence-electron chi connectivity index (χ2n) is 4.01. The number of ketones is 1. The van der Waals surface area contributed by atoms with Gasteiger partial charge in [-0.3, -0.25) is 4.79 Å². The molecule has 0 atom stereocenters. The number of hydrogen-bond acceptors (Lipinski definition) is 2. The molecule has 1 aliphatic carbocycles. The molecule has 80 valence electrons. The number of carbonyl (C=O) groups is 1. The molecule has 1 saturated carbocycles.